The summed E-state index contributed by atoms with van der Waals surface area (Å²) in [6, 6.07) is 12.0. The van der Waals surface area contributed by atoms with Gasteiger partial charge in [0.1, 0.15) is 0 Å². The number of hydrogen-bond acceptors (Lipinski definition) is 2. The number of benzene rings is 1. The van der Waals surface area contributed by atoms with Gasteiger partial charge in [-0.1, -0.05) is 0 Å². The lowest BCUT2D eigenvalue weighted by Gasteiger charge is -2.36. The fourth-order valence-electron chi connectivity index (χ4n) is 3.67. The second-order valence-electron chi connectivity index (χ2n) is 6.89. The molecule has 0 spiro atoms. The quantitative estimate of drug-likeness (QED) is 0.474. The van der Waals surface area contributed by atoms with Crippen LogP contribution in [0, 0.1) is 17.4 Å². The fraction of sp³-hybridized carbons (Fsp3) is 0.450. The molecule has 128 valence electrons. The standard InChI is InChI=1S/C20H26IN3/c1-14-6-5-7-15(2)24(14)22-13-18-12-16(3)23(17(18)4)20-10-8-19(21)9-11-20/h8-15H,5-7H2,1-4H3. The van der Waals surface area contributed by atoms with E-state index < -0.39 is 0 Å². The average Bonchev–Trinajstić information content (AvgIpc) is 2.82. The molecule has 1 fully saturated rings. The van der Waals surface area contributed by atoms with E-state index in [1.807, 2.05) is 6.21 Å². The zero-order valence-electron chi connectivity index (χ0n) is 15.0. The molecule has 1 aliphatic heterocycles. The third-order valence-electron chi connectivity index (χ3n) is 5.03. The molecule has 1 aliphatic rings. The Morgan fingerprint density at radius 1 is 1.08 bits per heavy atom. The SMILES string of the molecule is Cc1cc(C=NN2C(C)CCCC2C)c(C)n1-c1ccc(I)cc1. The van der Waals surface area contributed by atoms with Gasteiger partial charge in [0.15, 0.2) is 0 Å². The summed E-state index contributed by atoms with van der Waals surface area (Å²) < 4.78 is 3.56. The van der Waals surface area contributed by atoms with Gasteiger partial charge in [-0.05, 0) is 99.9 Å². The van der Waals surface area contributed by atoms with E-state index in [0.29, 0.717) is 12.1 Å². The van der Waals surface area contributed by atoms with Crippen LogP contribution in [0.4, 0.5) is 0 Å². The second kappa shape index (κ2) is 7.30. The molecule has 0 amide bonds. The number of hydrazone groups is 1. The summed E-state index contributed by atoms with van der Waals surface area (Å²) in [6.45, 7) is 8.90. The van der Waals surface area contributed by atoms with Crippen LogP contribution in [0.3, 0.4) is 0 Å². The first-order chi connectivity index (χ1) is 11.5. The Balaban J connectivity index is 1.88. The highest BCUT2D eigenvalue weighted by atomic mass is 127. The zero-order valence-corrected chi connectivity index (χ0v) is 17.1. The number of halogens is 1. The van der Waals surface area contributed by atoms with E-state index >= 15 is 0 Å². The predicted octanol–water partition coefficient (Wildman–Crippen LogP) is 5.30. The molecular formula is C20H26IN3. The van der Waals surface area contributed by atoms with Crippen molar-refractivity contribution in [3.63, 3.8) is 0 Å². The van der Waals surface area contributed by atoms with Crippen LogP contribution < -0.4 is 0 Å². The molecule has 0 radical (unpaired) electrons. The number of piperidine rings is 1. The molecule has 1 saturated heterocycles. The van der Waals surface area contributed by atoms with Crippen molar-refractivity contribution in [2.24, 2.45) is 5.10 Å². The van der Waals surface area contributed by atoms with Gasteiger partial charge in [0.25, 0.3) is 0 Å². The topological polar surface area (TPSA) is 20.5 Å². The number of aromatic nitrogens is 1. The summed E-state index contributed by atoms with van der Waals surface area (Å²) in [4.78, 5) is 0. The van der Waals surface area contributed by atoms with Crippen LogP contribution in [0.15, 0.2) is 35.4 Å². The summed E-state index contributed by atoms with van der Waals surface area (Å²) >= 11 is 2.34. The van der Waals surface area contributed by atoms with Crippen LogP contribution in [0.5, 0.6) is 0 Å². The van der Waals surface area contributed by atoms with Gasteiger partial charge in [-0.2, -0.15) is 5.10 Å². The second-order valence-corrected chi connectivity index (χ2v) is 8.14. The molecule has 0 N–H and O–H groups in total. The van der Waals surface area contributed by atoms with Crippen LogP contribution in [0.2, 0.25) is 0 Å². The van der Waals surface area contributed by atoms with Crippen molar-refractivity contribution < 1.29 is 0 Å². The van der Waals surface area contributed by atoms with E-state index in [1.165, 1.54) is 45.5 Å². The molecule has 3 nitrogen and oxygen atoms in total. The Labute approximate surface area is 158 Å². The first-order valence-electron chi connectivity index (χ1n) is 8.74. The van der Waals surface area contributed by atoms with Crippen LogP contribution >= 0.6 is 22.6 Å². The molecular weight excluding hydrogens is 409 g/mol. The number of hydrogen-bond donors (Lipinski definition) is 0. The summed E-state index contributed by atoms with van der Waals surface area (Å²) in [5.41, 5.74) is 4.91. The zero-order chi connectivity index (χ0) is 17.3. The van der Waals surface area contributed by atoms with Gasteiger partial charge in [0, 0.05) is 38.3 Å². The largest absolute Gasteiger partial charge is 0.318 e. The Morgan fingerprint density at radius 3 is 2.33 bits per heavy atom. The molecule has 2 unspecified atom stereocenters. The molecule has 4 heteroatoms. The summed E-state index contributed by atoms with van der Waals surface area (Å²) in [5.74, 6) is 0. The van der Waals surface area contributed by atoms with Crippen molar-refractivity contribution in [3.05, 3.63) is 50.9 Å². The molecule has 2 atom stereocenters. The fourth-order valence-corrected chi connectivity index (χ4v) is 4.03. The molecule has 24 heavy (non-hydrogen) atoms. The monoisotopic (exact) mass is 435 g/mol. The van der Waals surface area contributed by atoms with Gasteiger partial charge in [0.05, 0.1) is 6.21 Å². The maximum atomic E-state index is 4.83. The van der Waals surface area contributed by atoms with Crippen molar-refractivity contribution in [2.45, 2.75) is 59.0 Å². The van der Waals surface area contributed by atoms with Crippen LogP contribution in [-0.4, -0.2) is 27.9 Å². The Bertz CT molecular complexity index is 720. The number of nitrogens with zero attached hydrogens (tertiary/aromatic N) is 3. The van der Waals surface area contributed by atoms with Crippen LogP contribution in [-0.2, 0) is 0 Å². The van der Waals surface area contributed by atoms with Gasteiger partial charge in [0.2, 0.25) is 0 Å². The van der Waals surface area contributed by atoms with Crippen molar-refractivity contribution in [3.8, 4) is 5.69 Å². The van der Waals surface area contributed by atoms with E-state index in [0.717, 1.165) is 0 Å². The van der Waals surface area contributed by atoms with Crippen molar-refractivity contribution >= 4 is 28.8 Å². The molecule has 2 heterocycles. The molecule has 2 aromatic rings. The lowest BCUT2D eigenvalue weighted by Crippen LogP contribution is -2.39. The molecule has 0 saturated carbocycles. The molecule has 3 rings (SSSR count). The van der Waals surface area contributed by atoms with E-state index in [4.69, 9.17) is 5.10 Å². The van der Waals surface area contributed by atoms with E-state index in [9.17, 15) is 0 Å². The van der Waals surface area contributed by atoms with Crippen molar-refractivity contribution in [1.82, 2.24) is 9.58 Å². The maximum Gasteiger partial charge on any atom is 0.0561 e. The summed E-state index contributed by atoms with van der Waals surface area (Å²) in [6.07, 6.45) is 5.84. The highest BCUT2D eigenvalue weighted by Gasteiger charge is 2.22. The molecule has 0 bridgehead atoms. The first-order valence-corrected chi connectivity index (χ1v) is 9.82. The molecule has 1 aromatic carbocycles. The van der Waals surface area contributed by atoms with Gasteiger partial charge in [-0.3, -0.25) is 5.01 Å². The normalized spacial score (nSPS) is 21.6. The minimum absolute atomic E-state index is 0.532. The van der Waals surface area contributed by atoms with Gasteiger partial charge in [-0.15, -0.1) is 0 Å². The third kappa shape index (κ3) is 3.53. The van der Waals surface area contributed by atoms with E-state index in [2.05, 4.69) is 90.2 Å². The summed E-state index contributed by atoms with van der Waals surface area (Å²) in [5, 5.41) is 7.11. The first kappa shape index (κ1) is 17.5. The summed E-state index contributed by atoms with van der Waals surface area (Å²) in [7, 11) is 0. The Morgan fingerprint density at radius 2 is 1.71 bits per heavy atom. The third-order valence-corrected chi connectivity index (χ3v) is 5.75. The van der Waals surface area contributed by atoms with Crippen LogP contribution in [0.1, 0.15) is 50.1 Å². The number of rotatable bonds is 3. The predicted molar refractivity (Wildman–Crippen MR) is 110 cm³/mol. The number of aryl methyl sites for hydroxylation is 1. The van der Waals surface area contributed by atoms with E-state index in [1.54, 1.807) is 0 Å². The smallest absolute Gasteiger partial charge is 0.0561 e. The van der Waals surface area contributed by atoms with Crippen LogP contribution in [0.25, 0.3) is 5.69 Å². The highest BCUT2D eigenvalue weighted by molar-refractivity contribution is 14.1. The maximum absolute atomic E-state index is 4.83. The van der Waals surface area contributed by atoms with Crippen molar-refractivity contribution in [1.29, 1.82) is 0 Å². The lowest BCUT2D eigenvalue weighted by atomic mass is 10.00. The molecule has 1 aromatic heterocycles. The van der Waals surface area contributed by atoms with Gasteiger partial charge in [-0.25, -0.2) is 0 Å². The van der Waals surface area contributed by atoms with E-state index in [-0.39, 0.29) is 0 Å². The Kier molecular flexibility index (Phi) is 5.33. The molecule has 0 aliphatic carbocycles. The van der Waals surface area contributed by atoms with Crippen molar-refractivity contribution in [2.75, 3.05) is 0 Å². The van der Waals surface area contributed by atoms with Gasteiger partial charge >= 0.3 is 0 Å². The minimum Gasteiger partial charge on any atom is -0.318 e. The lowest BCUT2D eigenvalue weighted by molar-refractivity contribution is 0.109. The Hall–Kier alpha value is -1.30. The average molecular weight is 435 g/mol. The highest BCUT2D eigenvalue weighted by Crippen LogP contribution is 2.24. The minimum atomic E-state index is 0.532. The van der Waals surface area contributed by atoms with Gasteiger partial charge < -0.3 is 4.57 Å².